The summed E-state index contributed by atoms with van der Waals surface area (Å²) in [6.45, 7) is 8.52. The second-order valence-corrected chi connectivity index (χ2v) is 11.6. The number of nitrogens with two attached hydrogens (primary N) is 1. The maximum absolute atomic E-state index is 14.1. The summed E-state index contributed by atoms with van der Waals surface area (Å²) >= 11 is 1.56. The fraction of sp³-hybridized carbons (Fsp3) is 0.273. The van der Waals surface area contributed by atoms with Gasteiger partial charge in [-0.3, -0.25) is 9.59 Å². The van der Waals surface area contributed by atoms with Crippen molar-refractivity contribution >= 4 is 34.8 Å². The highest BCUT2D eigenvalue weighted by atomic mass is 32.1. The lowest BCUT2D eigenvalue weighted by atomic mass is 9.93. The summed E-state index contributed by atoms with van der Waals surface area (Å²) in [5.74, 6) is -1.66. The van der Waals surface area contributed by atoms with E-state index >= 15 is 0 Å². The summed E-state index contributed by atoms with van der Waals surface area (Å²) in [5.41, 5.74) is 11.5. The van der Waals surface area contributed by atoms with Crippen LogP contribution >= 0.6 is 11.3 Å². The molecule has 1 aliphatic heterocycles. The quantitative estimate of drug-likeness (QED) is 0.196. The Kier molecular flexibility index (Phi) is 8.61. The van der Waals surface area contributed by atoms with Gasteiger partial charge in [-0.2, -0.15) is 0 Å². The summed E-state index contributed by atoms with van der Waals surface area (Å²) in [6, 6.07) is 12.4. The molecule has 5 rings (SSSR count). The number of hydrogen-bond donors (Lipinski definition) is 4. The van der Waals surface area contributed by atoms with Gasteiger partial charge in [0.15, 0.2) is 5.69 Å². The number of carboxylic acid groups (broad SMARTS) is 1. The Morgan fingerprint density at radius 1 is 1.05 bits per heavy atom. The fourth-order valence-corrected chi connectivity index (χ4v) is 6.37. The average molecular weight is 599 g/mol. The highest BCUT2D eigenvalue weighted by Gasteiger charge is 2.28. The molecule has 0 saturated heterocycles. The van der Waals surface area contributed by atoms with E-state index in [1.807, 2.05) is 45.2 Å². The van der Waals surface area contributed by atoms with E-state index in [1.165, 1.54) is 12.1 Å². The zero-order valence-corrected chi connectivity index (χ0v) is 25.4. The number of nitrogens with zero attached hydrogens (tertiary/aromatic N) is 1. The Bertz CT molecular complexity index is 1720. The zero-order chi connectivity index (χ0) is 30.8. The lowest BCUT2D eigenvalue weighted by Crippen LogP contribution is -2.25. The van der Waals surface area contributed by atoms with Crippen LogP contribution in [0.3, 0.4) is 0 Å². The Hall–Kier alpha value is -4.54. The largest absolute Gasteiger partial charge is 0.490 e. The number of ether oxygens (including phenoxy) is 1. The van der Waals surface area contributed by atoms with Crippen molar-refractivity contribution < 1.29 is 24.2 Å². The molecule has 3 heterocycles. The first kappa shape index (κ1) is 29.9. The second-order valence-electron chi connectivity index (χ2n) is 10.7. The van der Waals surface area contributed by atoms with Crippen LogP contribution in [0.5, 0.6) is 5.75 Å². The summed E-state index contributed by atoms with van der Waals surface area (Å²) in [4.78, 5) is 44.4. The molecule has 2 amide bonds. The molecule has 0 saturated carbocycles. The minimum absolute atomic E-state index is 0.0188. The summed E-state index contributed by atoms with van der Waals surface area (Å²) < 4.78 is 6.31. The van der Waals surface area contributed by atoms with Crippen molar-refractivity contribution in [2.24, 2.45) is 5.73 Å². The SMILES string of the molecule is CCCNC(=O)c1ccc(-c2cc3c(cc2C(=O)Nc2c(C)cc(CN)cc2C)-c2sccc2C[C@H](C)O3)c(C(=O)O)n1. The Labute approximate surface area is 254 Å². The number of fused-ring (bicyclic) bond motifs is 3. The predicted octanol–water partition coefficient (Wildman–Crippen LogP) is 5.97. The molecule has 9 nitrogen and oxygen atoms in total. The molecule has 0 radical (unpaired) electrons. The number of carboxylic acids is 1. The van der Waals surface area contributed by atoms with Crippen LogP contribution in [-0.2, 0) is 13.0 Å². The lowest BCUT2D eigenvalue weighted by Gasteiger charge is -2.19. The molecule has 0 aliphatic carbocycles. The van der Waals surface area contributed by atoms with Crippen LogP contribution in [-0.4, -0.2) is 40.5 Å². The minimum Gasteiger partial charge on any atom is -0.490 e. The van der Waals surface area contributed by atoms with Gasteiger partial charge >= 0.3 is 5.97 Å². The van der Waals surface area contributed by atoms with E-state index in [0.717, 1.165) is 39.1 Å². The Morgan fingerprint density at radius 3 is 2.47 bits per heavy atom. The molecule has 0 fully saturated rings. The van der Waals surface area contributed by atoms with Gasteiger partial charge in [0.05, 0.1) is 0 Å². The van der Waals surface area contributed by atoms with Crippen molar-refractivity contribution in [1.29, 1.82) is 0 Å². The van der Waals surface area contributed by atoms with E-state index in [4.69, 9.17) is 10.5 Å². The molecular weight excluding hydrogens is 564 g/mol. The molecular formula is C33H34N4O5S. The van der Waals surface area contributed by atoms with Gasteiger partial charge in [-0.05, 0) is 85.2 Å². The minimum atomic E-state index is -1.32. The number of nitrogens with one attached hydrogen (secondary N) is 2. The normalized spacial score (nSPS) is 13.7. The number of carbonyl (C=O) groups excluding carboxylic acids is 2. The van der Waals surface area contributed by atoms with Crippen LogP contribution in [0.1, 0.15) is 73.9 Å². The maximum Gasteiger partial charge on any atom is 0.355 e. The standard InChI is InChI=1S/C33H34N4O5S/c1-5-9-35-32(39)26-7-6-22(29(36-26)33(40)41)23-15-27-25(30-21(8-10-43-30)13-19(4)42-27)14-24(23)31(38)37-28-17(2)11-20(16-34)12-18(28)3/h6-8,10-12,14-15,19H,5,9,13,16,34H2,1-4H3,(H,35,39)(H,37,38)(H,40,41)/t19-/m0/s1. The van der Waals surface area contributed by atoms with Crippen molar-refractivity contribution in [3.8, 4) is 27.3 Å². The number of carbonyl (C=O) groups is 3. The average Bonchev–Trinajstić information content (AvgIpc) is 3.39. The molecule has 0 spiro atoms. The van der Waals surface area contributed by atoms with Gasteiger partial charge < -0.3 is 26.2 Å². The smallest absolute Gasteiger partial charge is 0.355 e. The monoisotopic (exact) mass is 598 g/mol. The number of aryl methyl sites for hydroxylation is 2. The van der Waals surface area contributed by atoms with Gasteiger partial charge in [0, 0.05) is 52.3 Å². The third kappa shape index (κ3) is 6.02. The Morgan fingerprint density at radius 2 is 1.79 bits per heavy atom. The molecule has 0 unspecified atom stereocenters. The molecule has 43 heavy (non-hydrogen) atoms. The molecule has 1 aliphatic rings. The fourth-order valence-electron chi connectivity index (χ4n) is 5.41. The highest BCUT2D eigenvalue weighted by molar-refractivity contribution is 7.13. The van der Waals surface area contributed by atoms with Crippen LogP contribution in [0.25, 0.3) is 21.6 Å². The van der Waals surface area contributed by atoms with E-state index in [2.05, 4.69) is 21.7 Å². The predicted molar refractivity (Wildman–Crippen MR) is 168 cm³/mol. The van der Waals surface area contributed by atoms with Crippen molar-refractivity contribution in [1.82, 2.24) is 10.3 Å². The van der Waals surface area contributed by atoms with E-state index in [1.54, 1.807) is 23.5 Å². The van der Waals surface area contributed by atoms with Gasteiger partial charge in [-0.25, -0.2) is 9.78 Å². The molecule has 10 heteroatoms. The van der Waals surface area contributed by atoms with Gasteiger partial charge in [0.25, 0.3) is 11.8 Å². The molecule has 4 aromatic rings. The van der Waals surface area contributed by atoms with Gasteiger partial charge in [-0.15, -0.1) is 11.3 Å². The second kappa shape index (κ2) is 12.4. The van der Waals surface area contributed by atoms with Crippen LogP contribution in [0, 0.1) is 13.8 Å². The number of thiophene rings is 1. The molecule has 2 aromatic carbocycles. The number of rotatable bonds is 8. The van der Waals surface area contributed by atoms with Crippen LogP contribution in [0.2, 0.25) is 0 Å². The number of pyridine rings is 1. The van der Waals surface area contributed by atoms with E-state index in [-0.39, 0.29) is 28.6 Å². The van der Waals surface area contributed by atoms with Crippen LogP contribution in [0.15, 0.2) is 47.8 Å². The first-order valence-corrected chi connectivity index (χ1v) is 15.0. The first-order valence-electron chi connectivity index (χ1n) is 14.2. The third-order valence-electron chi connectivity index (χ3n) is 7.41. The summed E-state index contributed by atoms with van der Waals surface area (Å²) in [7, 11) is 0. The number of aromatic nitrogens is 1. The third-order valence-corrected chi connectivity index (χ3v) is 8.40. The molecule has 222 valence electrons. The topological polar surface area (TPSA) is 144 Å². The van der Waals surface area contributed by atoms with Crippen LogP contribution in [0.4, 0.5) is 5.69 Å². The van der Waals surface area contributed by atoms with E-state index < -0.39 is 17.8 Å². The Balaban J connectivity index is 1.70. The number of hydrogen-bond acceptors (Lipinski definition) is 7. The van der Waals surface area contributed by atoms with Crippen LogP contribution < -0.4 is 21.1 Å². The lowest BCUT2D eigenvalue weighted by molar-refractivity contribution is 0.0691. The van der Waals surface area contributed by atoms with E-state index in [9.17, 15) is 19.5 Å². The molecule has 0 bridgehead atoms. The van der Waals surface area contributed by atoms with Crippen molar-refractivity contribution in [3.63, 3.8) is 0 Å². The van der Waals surface area contributed by atoms with E-state index in [0.29, 0.717) is 36.5 Å². The number of amides is 2. The maximum atomic E-state index is 14.1. The number of anilines is 1. The zero-order valence-electron chi connectivity index (χ0n) is 24.5. The highest BCUT2D eigenvalue weighted by Crippen LogP contribution is 2.44. The number of benzene rings is 2. The number of aromatic carboxylic acids is 1. The van der Waals surface area contributed by atoms with Gasteiger partial charge in [-0.1, -0.05) is 19.1 Å². The van der Waals surface area contributed by atoms with Crippen molar-refractivity contribution in [2.45, 2.75) is 53.2 Å². The van der Waals surface area contributed by atoms with Crippen molar-refractivity contribution in [2.75, 3.05) is 11.9 Å². The molecule has 5 N–H and O–H groups in total. The first-order chi connectivity index (χ1) is 20.6. The summed E-state index contributed by atoms with van der Waals surface area (Å²) in [6.07, 6.45) is 1.27. The van der Waals surface area contributed by atoms with Gasteiger partial charge in [0.1, 0.15) is 17.5 Å². The molecule has 2 aromatic heterocycles. The summed E-state index contributed by atoms with van der Waals surface area (Å²) in [5, 5.41) is 18.0. The van der Waals surface area contributed by atoms with Gasteiger partial charge in [0.2, 0.25) is 0 Å². The molecule has 1 atom stereocenters. The van der Waals surface area contributed by atoms with Crippen molar-refractivity contribution in [3.05, 3.63) is 87.0 Å².